The van der Waals surface area contributed by atoms with E-state index in [4.69, 9.17) is 9.47 Å². The minimum absolute atomic E-state index is 0.130. The van der Waals surface area contributed by atoms with Gasteiger partial charge in [0.25, 0.3) is 11.7 Å². The Morgan fingerprint density at radius 1 is 1.06 bits per heavy atom. The van der Waals surface area contributed by atoms with E-state index >= 15 is 0 Å². The number of ketones is 1. The molecule has 2 fully saturated rings. The molecule has 2 aromatic rings. The summed E-state index contributed by atoms with van der Waals surface area (Å²) in [6.45, 7) is 4.10. The number of nitrogens with zero attached hydrogens (tertiary/aromatic N) is 2. The van der Waals surface area contributed by atoms with Gasteiger partial charge in [-0.05, 0) is 55.6 Å². The van der Waals surface area contributed by atoms with Crippen molar-refractivity contribution >= 4 is 28.8 Å². The molecule has 1 atom stereocenters. The van der Waals surface area contributed by atoms with Gasteiger partial charge in [0.15, 0.2) is 11.5 Å². The number of likely N-dealkylation sites (tertiary alicyclic amines) is 2. The van der Waals surface area contributed by atoms with Crippen molar-refractivity contribution < 1.29 is 24.2 Å². The van der Waals surface area contributed by atoms with Gasteiger partial charge in [-0.1, -0.05) is 6.07 Å². The summed E-state index contributed by atoms with van der Waals surface area (Å²) in [5.41, 5.74) is 0.564. The first-order valence-electron chi connectivity index (χ1n) is 10.6. The fourth-order valence-electron chi connectivity index (χ4n) is 4.45. The number of hydrogen-bond donors (Lipinski definition) is 1. The van der Waals surface area contributed by atoms with Crippen LogP contribution in [0.1, 0.15) is 29.3 Å². The number of carbonyl (C=O) groups excluding carboxylic acids is 2. The number of rotatable bonds is 5. The maximum atomic E-state index is 13.0. The molecule has 2 saturated heterocycles. The molecular weight excluding hydrogens is 416 g/mol. The van der Waals surface area contributed by atoms with Crippen LogP contribution >= 0.6 is 11.3 Å². The van der Waals surface area contributed by atoms with Gasteiger partial charge in [0, 0.05) is 23.5 Å². The number of ether oxygens (including phenoxy) is 2. The molecule has 1 aromatic carbocycles. The molecule has 3 aliphatic rings. The quantitative estimate of drug-likeness (QED) is 0.437. The summed E-state index contributed by atoms with van der Waals surface area (Å²) in [6.07, 6.45) is 2.33. The van der Waals surface area contributed by atoms with E-state index in [0.717, 1.165) is 37.4 Å². The van der Waals surface area contributed by atoms with Gasteiger partial charge in [-0.15, -0.1) is 11.3 Å². The highest BCUT2D eigenvalue weighted by atomic mass is 32.1. The average Bonchev–Trinajstić information content (AvgIpc) is 3.55. The van der Waals surface area contributed by atoms with E-state index in [9.17, 15) is 14.7 Å². The van der Waals surface area contributed by atoms with Gasteiger partial charge in [0.2, 0.25) is 0 Å². The van der Waals surface area contributed by atoms with Crippen LogP contribution in [0.4, 0.5) is 0 Å². The van der Waals surface area contributed by atoms with Crippen LogP contribution in [0.3, 0.4) is 0 Å². The van der Waals surface area contributed by atoms with Crippen LogP contribution in [0.25, 0.3) is 5.76 Å². The first-order chi connectivity index (χ1) is 15.1. The topological polar surface area (TPSA) is 79.3 Å². The molecule has 1 aromatic heterocycles. The molecular formula is C23H24N2O5S. The zero-order chi connectivity index (χ0) is 21.4. The average molecular weight is 441 g/mol. The molecule has 1 N–H and O–H groups in total. The molecule has 1 amide bonds. The Kier molecular flexibility index (Phi) is 5.41. The Hall–Kier alpha value is -2.84. The second-order valence-corrected chi connectivity index (χ2v) is 8.89. The van der Waals surface area contributed by atoms with Gasteiger partial charge in [0.05, 0.1) is 11.6 Å². The van der Waals surface area contributed by atoms with Crippen LogP contribution in [-0.2, 0) is 9.59 Å². The van der Waals surface area contributed by atoms with Crippen molar-refractivity contribution in [1.29, 1.82) is 0 Å². The first kappa shape index (κ1) is 20.1. The van der Waals surface area contributed by atoms with E-state index in [0.29, 0.717) is 36.8 Å². The highest BCUT2D eigenvalue weighted by Crippen LogP contribution is 2.42. The van der Waals surface area contributed by atoms with Crippen molar-refractivity contribution in [2.24, 2.45) is 0 Å². The van der Waals surface area contributed by atoms with Crippen LogP contribution in [0, 0.1) is 0 Å². The molecule has 3 aliphatic heterocycles. The van der Waals surface area contributed by atoms with E-state index in [2.05, 4.69) is 4.90 Å². The monoisotopic (exact) mass is 440 g/mol. The number of aliphatic hydroxyl groups is 1. The third-order valence-electron chi connectivity index (χ3n) is 6.02. The fourth-order valence-corrected chi connectivity index (χ4v) is 5.30. The number of fused-ring (bicyclic) bond motifs is 1. The fraction of sp³-hybridized carbons (Fsp3) is 0.391. The van der Waals surface area contributed by atoms with Crippen LogP contribution in [0.5, 0.6) is 11.5 Å². The Labute approximate surface area is 184 Å². The second kappa shape index (κ2) is 8.36. The van der Waals surface area contributed by atoms with Gasteiger partial charge in [0.1, 0.15) is 19.0 Å². The highest BCUT2D eigenvalue weighted by Gasteiger charge is 2.46. The van der Waals surface area contributed by atoms with Gasteiger partial charge in [-0.3, -0.25) is 9.59 Å². The van der Waals surface area contributed by atoms with Crippen molar-refractivity contribution in [3.8, 4) is 11.5 Å². The Morgan fingerprint density at radius 3 is 2.58 bits per heavy atom. The molecule has 0 bridgehead atoms. The maximum absolute atomic E-state index is 13.0. The smallest absolute Gasteiger partial charge is 0.295 e. The number of Topliss-reactive ketones (excluding diaryl/α,β-unsaturated/α-hetero) is 1. The van der Waals surface area contributed by atoms with E-state index < -0.39 is 17.7 Å². The molecule has 5 rings (SSSR count). The number of amides is 1. The Balaban J connectivity index is 1.52. The normalized spacial score (nSPS) is 23.0. The summed E-state index contributed by atoms with van der Waals surface area (Å²) in [5.74, 6) is -0.267. The summed E-state index contributed by atoms with van der Waals surface area (Å²) in [5, 5.41) is 13.1. The van der Waals surface area contributed by atoms with Crippen LogP contribution in [0.2, 0.25) is 0 Å². The highest BCUT2D eigenvalue weighted by molar-refractivity contribution is 7.10. The van der Waals surface area contributed by atoms with Crippen molar-refractivity contribution in [1.82, 2.24) is 9.80 Å². The van der Waals surface area contributed by atoms with Crippen molar-refractivity contribution in [2.45, 2.75) is 18.9 Å². The molecule has 162 valence electrons. The lowest BCUT2D eigenvalue weighted by Gasteiger charge is -2.26. The van der Waals surface area contributed by atoms with Crippen molar-refractivity contribution in [3.05, 3.63) is 51.7 Å². The molecule has 1 unspecified atom stereocenters. The lowest BCUT2D eigenvalue weighted by Crippen LogP contribution is -2.36. The van der Waals surface area contributed by atoms with E-state index in [-0.39, 0.29) is 11.3 Å². The van der Waals surface area contributed by atoms with Gasteiger partial charge >= 0.3 is 0 Å². The third-order valence-corrected chi connectivity index (χ3v) is 6.95. The lowest BCUT2D eigenvalue weighted by molar-refractivity contribution is -0.140. The van der Waals surface area contributed by atoms with Crippen molar-refractivity contribution in [2.75, 3.05) is 39.4 Å². The zero-order valence-electron chi connectivity index (χ0n) is 17.1. The molecule has 0 spiro atoms. The van der Waals surface area contributed by atoms with Crippen LogP contribution in [0.15, 0.2) is 41.3 Å². The standard InChI is InChI=1S/C23H24N2O5S/c26-21(15-5-6-16-17(14-15)30-12-11-29-16)19-20(18-4-3-13-31-18)25(23(28)22(19)27)10-9-24-7-1-2-8-24/h3-6,13-14,20,26H,1-2,7-12H2/b21-19+. The maximum Gasteiger partial charge on any atom is 0.295 e. The first-order valence-corrected chi connectivity index (χ1v) is 11.5. The SMILES string of the molecule is O=C1C(=O)N(CCN2CCCC2)C(c2cccs2)/C1=C(\O)c1ccc2c(c1)OCCO2. The minimum Gasteiger partial charge on any atom is -0.507 e. The zero-order valence-corrected chi connectivity index (χ0v) is 17.9. The molecule has 0 radical (unpaired) electrons. The Bertz CT molecular complexity index is 1030. The number of thiophene rings is 1. The molecule has 4 heterocycles. The molecule has 0 aliphatic carbocycles. The number of carbonyl (C=O) groups is 2. The van der Waals surface area contributed by atoms with Gasteiger partial charge in [-0.2, -0.15) is 0 Å². The van der Waals surface area contributed by atoms with E-state index in [1.165, 1.54) is 11.3 Å². The number of aliphatic hydroxyl groups excluding tert-OH is 1. The summed E-state index contributed by atoms with van der Waals surface area (Å²) < 4.78 is 11.2. The predicted octanol–water partition coefficient (Wildman–Crippen LogP) is 3.04. The molecule has 8 heteroatoms. The second-order valence-electron chi connectivity index (χ2n) is 7.92. The molecule has 31 heavy (non-hydrogen) atoms. The third kappa shape index (κ3) is 3.70. The molecule has 7 nitrogen and oxygen atoms in total. The number of hydrogen-bond acceptors (Lipinski definition) is 7. The van der Waals surface area contributed by atoms with Gasteiger partial charge < -0.3 is 24.4 Å². The summed E-state index contributed by atoms with van der Waals surface area (Å²) in [7, 11) is 0. The lowest BCUT2D eigenvalue weighted by atomic mass is 9.99. The largest absolute Gasteiger partial charge is 0.507 e. The van der Waals surface area contributed by atoms with Crippen molar-refractivity contribution in [3.63, 3.8) is 0 Å². The van der Waals surface area contributed by atoms with E-state index in [1.54, 1.807) is 23.1 Å². The van der Waals surface area contributed by atoms with Crippen LogP contribution in [-0.4, -0.2) is 66.0 Å². The van der Waals surface area contributed by atoms with Crippen LogP contribution < -0.4 is 9.47 Å². The minimum atomic E-state index is -0.646. The molecule has 0 saturated carbocycles. The van der Waals surface area contributed by atoms with Gasteiger partial charge in [-0.25, -0.2) is 0 Å². The van der Waals surface area contributed by atoms with E-state index in [1.807, 2.05) is 17.5 Å². The predicted molar refractivity (Wildman–Crippen MR) is 116 cm³/mol. The summed E-state index contributed by atoms with van der Waals surface area (Å²) in [4.78, 5) is 30.8. The Morgan fingerprint density at radius 2 is 1.84 bits per heavy atom. The number of benzene rings is 1. The summed E-state index contributed by atoms with van der Waals surface area (Å²) in [6, 6.07) is 8.27. The summed E-state index contributed by atoms with van der Waals surface area (Å²) >= 11 is 1.48.